The minimum Gasteiger partial charge on any atom is -0.309 e. The van der Waals surface area contributed by atoms with Crippen molar-refractivity contribution in [1.82, 2.24) is 4.57 Å². The molecule has 0 aliphatic carbocycles. The average molecular weight is 622 g/mol. The number of aromatic nitrogens is 1. The van der Waals surface area contributed by atoms with Crippen molar-refractivity contribution >= 4 is 54.1 Å². The van der Waals surface area contributed by atoms with E-state index in [0.717, 1.165) is 0 Å². The lowest BCUT2D eigenvalue weighted by molar-refractivity contribution is 1.18. The Balaban J connectivity index is 1.02. The van der Waals surface area contributed by atoms with Crippen LogP contribution in [0.15, 0.2) is 188 Å². The number of hydrogen-bond donors (Lipinski definition) is 0. The van der Waals surface area contributed by atoms with Crippen LogP contribution in [0.5, 0.6) is 0 Å². The van der Waals surface area contributed by atoms with Gasteiger partial charge in [-0.25, -0.2) is 0 Å². The smallest absolute Gasteiger partial charge is 0.0541 e. The van der Waals surface area contributed by atoms with Gasteiger partial charge in [0.25, 0.3) is 0 Å². The molecule has 228 valence electrons. The zero-order chi connectivity index (χ0) is 32.3. The Morgan fingerprint density at radius 1 is 0.224 bits per heavy atom. The second-order valence-corrected chi connectivity index (χ2v) is 12.9. The van der Waals surface area contributed by atoms with E-state index in [1.807, 2.05) is 0 Å². The molecule has 1 heteroatoms. The van der Waals surface area contributed by atoms with Gasteiger partial charge < -0.3 is 4.57 Å². The lowest BCUT2D eigenvalue weighted by atomic mass is 9.91. The van der Waals surface area contributed by atoms with Gasteiger partial charge in [0.05, 0.1) is 11.0 Å². The molecule has 0 saturated carbocycles. The molecule has 10 rings (SSSR count). The van der Waals surface area contributed by atoms with E-state index in [1.165, 1.54) is 93.2 Å². The van der Waals surface area contributed by atoms with Crippen molar-refractivity contribution in [1.29, 1.82) is 0 Å². The zero-order valence-corrected chi connectivity index (χ0v) is 26.8. The molecule has 0 atom stereocenters. The molecular weight excluding hydrogens is 591 g/mol. The van der Waals surface area contributed by atoms with E-state index in [4.69, 9.17) is 0 Å². The lowest BCUT2D eigenvalue weighted by Crippen LogP contribution is -1.93. The predicted octanol–water partition coefficient (Wildman–Crippen LogP) is 13.2. The highest BCUT2D eigenvalue weighted by Gasteiger charge is 2.13. The van der Waals surface area contributed by atoms with E-state index >= 15 is 0 Å². The topological polar surface area (TPSA) is 4.93 Å². The van der Waals surface area contributed by atoms with Crippen molar-refractivity contribution in [2.75, 3.05) is 0 Å². The first-order chi connectivity index (χ1) is 24.3. The minimum absolute atomic E-state index is 1.17. The van der Waals surface area contributed by atoms with Crippen LogP contribution in [0.1, 0.15) is 0 Å². The molecule has 0 amide bonds. The first kappa shape index (κ1) is 27.7. The number of hydrogen-bond acceptors (Lipinski definition) is 0. The monoisotopic (exact) mass is 621 g/mol. The Morgan fingerprint density at radius 3 is 1.10 bits per heavy atom. The Morgan fingerprint density at radius 2 is 0.592 bits per heavy atom. The molecule has 0 unspecified atom stereocenters. The van der Waals surface area contributed by atoms with Crippen molar-refractivity contribution in [3.8, 4) is 39.1 Å². The van der Waals surface area contributed by atoms with Gasteiger partial charge in [-0.05, 0) is 108 Å². The van der Waals surface area contributed by atoms with Gasteiger partial charge in [0.1, 0.15) is 0 Å². The van der Waals surface area contributed by atoms with E-state index in [0.29, 0.717) is 0 Å². The summed E-state index contributed by atoms with van der Waals surface area (Å²) in [5, 5.41) is 10.4. The number of rotatable bonds is 4. The fraction of sp³-hybridized carbons (Fsp3) is 0. The van der Waals surface area contributed by atoms with E-state index in [9.17, 15) is 0 Å². The second-order valence-electron chi connectivity index (χ2n) is 12.9. The van der Waals surface area contributed by atoms with Crippen LogP contribution in [0.2, 0.25) is 0 Å². The van der Waals surface area contributed by atoms with Gasteiger partial charge in [0.2, 0.25) is 0 Å². The normalized spacial score (nSPS) is 11.7. The molecule has 0 spiro atoms. The van der Waals surface area contributed by atoms with Crippen LogP contribution >= 0.6 is 0 Å². The average Bonchev–Trinajstić information content (AvgIpc) is 3.52. The summed E-state index contributed by atoms with van der Waals surface area (Å²) in [6.07, 6.45) is 0. The van der Waals surface area contributed by atoms with Crippen LogP contribution in [-0.2, 0) is 0 Å². The molecule has 1 aromatic heterocycles. The van der Waals surface area contributed by atoms with E-state index in [1.54, 1.807) is 0 Å². The van der Waals surface area contributed by atoms with Crippen LogP contribution in [-0.4, -0.2) is 4.57 Å². The van der Waals surface area contributed by atoms with E-state index < -0.39 is 0 Å². The highest BCUT2D eigenvalue weighted by atomic mass is 15.0. The largest absolute Gasteiger partial charge is 0.309 e. The van der Waals surface area contributed by atoms with Crippen molar-refractivity contribution in [2.45, 2.75) is 0 Å². The standard InChI is InChI=1S/C48H31N/c1-2-17-41-39(15-1)40-16-3-4-18-42(40)46-31-37(25-28-43(41)46)36-14-10-13-35(30-36)34-12-9-11-33(29-34)32-23-26-38(27-24-32)49-47-21-7-5-19-44(47)45-20-6-8-22-48(45)49/h1-31H. The summed E-state index contributed by atoms with van der Waals surface area (Å²) in [5.41, 5.74) is 10.9. The third kappa shape index (κ3) is 4.47. The maximum atomic E-state index is 2.37. The first-order valence-corrected chi connectivity index (χ1v) is 16.9. The Hall–Kier alpha value is -6.44. The van der Waals surface area contributed by atoms with E-state index in [2.05, 4.69) is 193 Å². The molecule has 0 fully saturated rings. The SMILES string of the molecule is c1cc(-c2ccc(-n3c4ccccc4c4ccccc43)cc2)cc(-c2cccc(-c3ccc4c5ccccc5c5ccccc5c4c3)c2)c1. The van der Waals surface area contributed by atoms with Crippen molar-refractivity contribution in [3.05, 3.63) is 188 Å². The molecule has 1 nitrogen and oxygen atoms in total. The summed E-state index contributed by atoms with van der Waals surface area (Å²) in [6.45, 7) is 0. The van der Waals surface area contributed by atoms with Crippen LogP contribution in [0.25, 0.3) is 93.2 Å². The van der Waals surface area contributed by atoms with Gasteiger partial charge in [0, 0.05) is 16.5 Å². The molecule has 49 heavy (non-hydrogen) atoms. The number of fused-ring (bicyclic) bond motifs is 9. The summed E-state index contributed by atoms with van der Waals surface area (Å²) in [4.78, 5) is 0. The molecule has 10 aromatic rings. The fourth-order valence-corrected chi connectivity index (χ4v) is 7.85. The molecule has 0 aliphatic heterocycles. The highest BCUT2D eigenvalue weighted by molar-refractivity contribution is 6.25. The number of para-hydroxylation sites is 2. The molecule has 0 radical (unpaired) electrons. The summed E-state index contributed by atoms with van der Waals surface area (Å²) in [5.74, 6) is 0. The predicted molar refractivity (Wildman–Crippen MR) is 210 cm³/mol. The van der Waals surface area contributed by atoms with Crippen LogP contribution in [0.4, 0.5) is 0 Å². The van der Waals surface area contributed by atoms with Gasteiger partial charge in [-0.2, -0.15) is 0 Å². The van der Waals surface area contributed by atoms with Crippen LogP contribution in [0, 0.1) is 0 Å². The molecule has 0 N–H and O–H groups in total. The maximum absolute atomic E-state index is 2.37. The quantitative estimate of drug-likeness (QED) is 0.172. The number of benzene rings is 9. The Labute approximate surface area is 284 Å². The summed E-state index contributed by atoms with van der Waals surface area (Å²) < 4.78 is 2.37. The summed E-state index contributed by atoms with van der Waals surface area (Å²) in [7, 11) is 0. The minimum atomic E-state index is 1.17. The third-order valence-electron chi connectivity index (χ3n) is 10.2. The third-order valence-corrected chi connectivity index (χ3v) is 10.2. The van der Waals surface area contributed by atoms with Crippen LogP contribution < -0.4 is 0 Å². The lowest BCUT2D eigenvalue weighted by Gasteiger charge is -2.13. The Kier molecular flexibility index (Phi) is 6.25. The van der Waals surface area contributed by atoms with Crippen molar-refractivity contribution in [3.63, 3.8) is 0 Å². The summed E-state index contributed by atoms with van der Waals surface area (Å²) >= 11 is 0. The summed E-state index contributed by atoms with van der Waals surface area (Å²) in [6, 6.07) is 68.7. The number of nitrogens with zero attached hydrogens (tertiary/aromatic N) is 1. The highest BCUT2D eigenvalue weighted by Crippen LogP contribution is 2.38. The molecule has 0 saturated heterocycles. The zero-order valence-electron chi connectivity index (χ0n) is 26.8. The van der Waals surface area contributed by atoms with Gasteiger partial charge in [-0.3, -0.25) is 0 Å². The van der Waals surface area contributed by atoms with Gasteiger partial charge >= 0.3 is 0 Å². The van der Waals surface area contributed by atoms with Crippen molar-refractivity contribution in [2.24, 2.45) is 0 Å². The Bertz CT molecular complexity index is 2780. The van der Waals surface area contributed by atoms with Gasteiger partial charge in [0.15, 0.2) is 0 Å². The first-order valence-electron chi connectivity index (χ1n) is 16.9. The molecular formula is C48H31N. The molecule has 9 aromatic carbocycles. The van der Waals surface area contributed by atoms with Crippen molar-refractivity contribution < 1.29 is 0 Å². The van der Waals surface area contributed by atoms with E-state index in [-0.39, 0.29) is 0 Å². The second kappa shape index (κ2) is 11.1. The van der Waals surface area contributed by atoms with Gasteiger partial charge in [-0.15, -0.1) is 0 Å². The van der Waals surface area contributed by atoms with Crippen LogP contribution in [0.3, 0.4) is 0 Å². The molecule has 0 bridgehead atoms. The maximum Gasteiger partial charge on any atom is 0.0541 e. The fourth-order valence-electron chi connectivity index (χ4n) is 7.85. The molecule has 1 heterocycles. The van der Waals surface area contributed by atoms with Gasteiger partial charge in [-0.1, -0.05) is 146 Å². The molecule has 0 aliphatic rings.